The fraction of sp³-hybridized carbons (Fsp3) is 0.278. The molecule has 0 bridgehead atoms. The fourth-order valence-electron chi connectivity index (χ4n) is 2.92. The Balaban J connectivity index is -0.000000151. The Morgan fingerprint density at radius 1 is 0.489 bits per heavy atom. The van der Waals surface area contributed by atoms with E-state index < -0.39 is 0 Å². The van der Waals surface area contributed by atoms with Gasteiger partial charge in [-0.05, 0) is 89.1 Å². The molecule has 2 radical (unpaired) electrons. The van der Waals surface area contributed by atoms with Crippen molar-refractivity contribution in [2.75, 3.05) is 41.3 Å². The SMILES string of the molecule is CN1C=CC=CC1.CN1C=CC=CC1.CN1C=CCC=C1.CN1C=CCC=C1.O.[3H][B]C.[3H][B]C.[Ce].[Ce].c1ccncc1.c1ccncc1. The molecular formula is C36H56B2Ce2N6O. The molecule has 2 aromatic rings. The Morgan fingerprint density at radius 2 is 0.787 bits per heavy atom. The number of likely N-dealkylation sites (N-methyl/N-ethyl adjacent to an activating group) is 2. The van der Waals surface area contributed by atoms with Gasteiger partial charge in [0.15, 0.2) is 0 Å². The zero-order chi connectivity index (χ0) is 34.4. The molecule has 250 valence electrons. The van der Waals surface area contributed by atoms with Gasteiger partial charge in [-0.2, -0.15) is 0 Å². The van der Waals surface area contributed by atoms with Crippen LogP contribution in [0.3, 0.4) is 0 Å². The van der Waals surface area contributed by atoms with Crippen molar-refractivity contribution >= 4 is 15.6 Å². The zero-order valence-corrected chi connectivity index (χ0v) is 35.5. The summed E-state index contributed by atoms with van der Waals surface area (Å²) >= 11 is 0. The second kappa shape index (κ2) is 46.4. The molecule has 0 atom stereocenters. The average molecular weight is 895 g/mol. The molecule has 4 aliphatic rings. The van der Waals surface area contributed by atoms with Crippen molar-refractivity contribution < 1.29 is 89.0 Å². The van der Waals surface area contributed by atoms with Gasteiger partial charge in [-0.25, -0.2) is 0 Å². The van der Waals surface area contributed by atoms with Gasteiger partial charge in [0.05, 0.1) is 15.6 Å². The van der Waals surface area contributed by atoms with Gasteiger partial charge in [-0.15, -0.1) is 0 Å². The number of hydrogen-bond acceptors (Lipinski definition) is 6. The first-order chi connectivity index (χ1) is 22.4. The maximum atomic E-state index is 6.08. The van der Waals surface area contributed by atoms with Gasteiger partial charge in [0.2, 0.25) is 0 Å². The van der Waals surface area contributed by atoms with Gasteiger partial charge in [-0.3, -0.25) is 9.97 Å². The van der Waals surface area contributed by atoms with Crippen molar-refractivity contribution in [1.82, 2.24) is 29.6 Å². The van der Waals surface area contributed by atoms with Gasteiger partial charge in [0.25, 0.3) is 0 Å². The molecule has 47 heavy (non-hydrogen) atoms. The van der Waals surface area contributed by atoms with Crippen LogP contribution >= 0.6 is 0 Å². The van der Waals surface area contributed by atoms with E-state index in [1.807, 2.05) is 72.4 Å². The maximum absolute atomic E-state index is 6.08. The Bertz CT molecular complexity index is 976. The minimum absolute atomic E-state index is 0. The molecule has 2 aromatic heterocycles. The van der Waals surface area contributed by atoms with Crippen molar-refractivity contribution in [2.24, 2.45) is 0 Å². The van der Waals surface area contributed by atoms with Gasteiger partial charge < -0.3 is 25.1 Å². The van der Waals surface area contributed by atoms with Gasteiger partial charge in [0.1, 0.15) is 0 Å². The largest absolute Gasteiger partial charge is 0.412 e. The van der Waals surface area contributed by atoms with E-state index >= 15 is 0 Å². The van der Waals surface area contributed by atoms with E-state index in [1.54, 1.807) is 38.4 Å². The van der Waals surface area contributed by atoms with Crippen molar-refractivity contribution in [2.45, 2.75) is 26.5 Å². The van der Waals surface area contributed by atoms with Gasteiger partial charge >= 0.3 is 0 Å². The molecule has 0 saturated carbocycles. The molecule has 11 heteroatoms. The summed E-state index contributed by atoms with van der Waals surface area (Å²) in [4.78, 5) is 15.9. The standard InChI is InChI=1S/4C6H9N.2C5H5N.2CH4B.2Ce.H2O/c4*1-7-5-3-2-4-6-7;2*1-2-4-6-5-3-1;2*1-2;;;/h2*3-6H,2H2,1H3;2*2-5H,6H2,1H3;2*1-5H;2*2H,1H3;;;1H2/i;;;;;;2*2T;;;. The Kier molecular flexibility index (Phi) is 49.0. The van der Waals surface area contributed by atoms with Crippen LogP contribution in [0.25, 0.3) is 0 Å². The second-order valence-electron chi connectivity index (χ2n) is 8.81. The molecular weight excluding hydrogens is 834 g/mol. The molecule has 0 aliphatic carbocycles. The maximum Gasteiger partial charge on any atom is 0.0823 e. The second-order valence-corrected chi connectivity index (χ2v) is 8.81. The van der Waals surface area contributed by atoms with E-state index in [9.17, 15) is 0 Å². The van der Waals surface area contributed by atoms with Crippen LogP contribution in [0.5, 0.6) is 0 Å². The van der Waals surface area contributed by atoms with Crippen LogP contribution in [-0.2, 0) is 0 Å². The number of hydrogen-bond donors (Lipinski definition) is 0. The summed E-state index contributed by atoms with van der Waals surface area (Å²) in [5.41, 5.74) is 0. The summed E-state index contributed by atoms with van der Waals surface area (Å²) in [7, 11) is 10.7. The van der Waals surface area contributed by atoms with Crippen molar-refractivity contribution in [3.05, 3.63) is 159 Å². The third kappa shape index (κ3) is 44.3. The fourth-order valence-corrected chi connectivity index (χ4v) is 2.92. The van der Waals surface area contributed by atoms with Crippen molar-refractivity contribution in [3.63, 3.8) is 0 Å². The molecule has 6 heterocycles. The zero-order valence-electron chi connectivity index (χ0n) is 31.2. The summed E-state index contributed by atoms with van der Waals surface area (Å²) in [5, 5.41) is 0. The van der Waals surface area contributed by atoms with Gasteiger partial charge in [0, 0.05) is 150 Å². The van der Waals surface area contributed by atoms with Crippen molar-refractivity contribution in [1.29, 1.82) is 2.67 Å². The van der Waals surface area contributed by atoms with E-state index in [1.165, 1.54) is 15.6 Å². The first-order valence-electron chi connectivity index (χ1n) is 15.8. The molecule has 4 aliphatic heterocycles. The van der Waals surface area contributed by atoms with E-state index in [2.05, 4.69) is 120 Å². The monoisotopic (exact) mass is 894 g/mol. The summed E-state index contributed by atoms with van der Waals surface area (Å²) in [6, 6.07) is 11.4. The first kappa shape index (κ1) is 49.6. The van der Waals surface area contributed by atoms with Crippen LogP contribution in [0.1, 0.15) is 12.8 Å². The van der Waals surface area contributed by atoms with Crippen LogP contribution in [0.15, 0.2) is 159 Å². The number of allylic oxidation sites excluding steroid dienone is 8. The molecule has 0 saturated heterocycles. The van der Waals surface area contributed by atoms with Crippen molar-refractivity contribution in [3.8, 4) is 0 Å². The quantitative estimate of drug-likeness (QED) is 0.307. The van der Waals surface area contributed by atoms with Crippen LogP contribution in [-0.4, -0.2) is 94.6 Å². The normalized spacial score (nSPS) is 13.5. The summed E-state index contributed by atoms with van der Waals surface area (Å²) in [6.07, 6.45) is 42.4. The molecule has 0 spiro atoms. The number of rotatable bonds is 0. The van der Waals surface area contributed by atoms with Crippen LogP contribution in [0.4, 0.5) is 0 Å². The summed E-state index contributed by atoms with van der Waals surface area (Å²) in [5.74, 6) is 0. The van der Waals surface area contributed by atoms with Crippen LogP contribution in [0.2, 0.25) is 13.6 Å². The van der Waals surface area contributed by atoms with E-state index in [4.69, 9.17) is 2.67 Å². The molecule has 7 nitrogen and oxygen atoms in total. The minimum Gasteiger partial charge on any atom is -0.412 e. The summed E-state index contributed by atoms with van der Waals surface area (Å²) in [6.45, 7) is 5.44. The first-order valence-corrected chi connectivity index (χ1v) is 14.6. The topological polar surface area (TPSA) is 70.2 Å². The molecule has 0 amide bonds. The average Bonchev–Trinajstić information content (AvgIpc) is 3.10. The molecule has 6 rings (SSSR count). The van der Waals surface area contributed by atoms with Crippen LogP contribution < -0.4 is 0 Å². The number of nitrogens with zero attached hydrogens (tertiary/aromatic N) is 6. The Morgan fingerprint density at radius 3 is 0.894 bits per heavy atom. The van der Waals surface area contributed by atoms with E-state index in [0.717, 1.165) is 25.9 Å². The molecule has 0 aromatic carbocycles. The molecule has 0 fully saturated rings. The predicted molar refractivity (Wildman–Crippen MR) is 201 cm³/mol. The molecule has 0 unspecified atom stereocenters. The predicted octanol–water partition coefficient (Wildman–Crippen LogP) is 5.91. The Hall–Kier alpha value is -1.74. The number of aromatic nitrogens is 2. The smallest absolute Gasteiger partial charge is 0.0823 e. The minimum atomic E-state index is 0. The van der Waals surface area contributed by atoms with E-state index in [-0.39, 0.29) is 89.0 Å². The van der Waals surface area contributed by atoms with Crippen LogP contribution in [0, 0.1) is 83.5 Å². The number of pyridine rings is 2. The third-order valence-corrected chi connectivity index (χ3v) is 5.00. The molecule has 2 N–H and O–H groups in total. The van der Waals surface area contributed by atoms with Gasteiger partial charge in [-0.1, -0.05) is 74.4 Å². The van der Waals surface area contributed by atoms with E-state index in [0.29, 0.717) is 0 Å². The Labute approximate surface area is 359 Å². The third-order valence-electron chi connectivity index (χ3n) is 5.00. The summed E-state index contributed by atoms with van der Waals surface area (Å²) < 4.78 is 12.2.